The molecule has 3 saturated heterocycles. The summed E-state index contributed by atoms with van der Waals surface area (Å²) in [5.74, 6) is -2.12. The lowest BCUT2D eigenvalue weighted by atomic mass is 9.48. The lowest BCUT2D eigenvalue weighted by Crippen LogP contribution is -2.67. The molecule has 5 aliphatic rings. The quantitative estimate of drug-likeness (QED) is 0.330. The number of fused-ring (bicyclic) bond motifs is 2. The van der Waals surface area contributed by atoms with Crippen LogP contribution in [-0.2, 0) is 23.7 Å². The van der Waals surface area contributed by atoms with Crippen LogP contribution in [0.4, 0.5) is 0 Å². The zero-order valence-corrected chi connectivity index (χ0v) is 17.9. The molecule has 3 aliphatic heterocycles. The van der Waals surface area contributed by atoms with Gasteiger partial charge in [0, 0.05) is 29.6 Å². The van der Waals surface area contributed by atoms with E-state index in [1.54, 1.807) is 0 Å². The molecule has 1 unspecified atom stereocenters. The van der Waals surface area contributed by atoms with Gasteiger partial charge >= 0.3 is 5.97 Å². The van der Waals surface area contributed by atoms with Crippen molar-refractivity contribution in [3.8, 4) is 0 Å². The third kappa shape index (κ3) is 2.42. The fraction of sp³-hybridized carbons (Fsp3) is 0.952. The maximum Gasteiger partial charge on any atom is 0.307 e. The van der Waals surface area contributed by atoms with E-state index in [-0.39, 0.29) is 37.3 Å². The molecule has 176 valence electrons. The molecule has 2 bridgehead atoms. The van der Waals surface area contributed by atoms with Gasteiger partial charge < -0.3 is 44.5 Å². The van der Waals surface area contributed by atoms with E-state index in [9.17, 15) is 30.3 Å². The van der Waals surface area contributed by atoms with Crippen LogP contribution in [0.3, 0.4) is 0 Å². The van der Waals surface area contributed by atoms with Gasteiger partial charge in [0.15, 0.2) is 12.1 Å². The molecule has 10 nitrogen and oxygen atoms in total. The monoisotopic (exact) mass is 444 g/mol. The van der Waals surface area contributed by atoms with E-state index in [1.807, 2.05) is 20.8 Å². The van der Waals surface area contributed by atoms with Crippen molar-refractivity contribution < 1.29 is 49.3 Å². The number of hydrogen-bond acceptors (Lipinski definition) is 10. The molecule has 0 amide bonds. The molecule has 2 saturated carbocycles. The minimum Gasteiger partial charge on any atom is -0.458 e. The number of ether oxygens (including phenoxy) is 4. The van der Waals surface area contributed by atoms with Crippen LogP contribution in [0, 0.1) is 22.7 Å². The zero-order valence-electron chi connectivity index (χ0n) is 17.9. The lowest BCUT2D eigenvalue weighted by molar-refractivity contribution is -0.383. The summed E-state index contributed by atoms with van der Waals surface area (Å²) in [4.78, 5) is 12.6. The van der Waals surface area contributed by atoms with Gasteiger partial charge in [0.2, 0.25) is 0 Å². The predicted octanol–water partition coefficient (Wildman–Crippen LogP) is -1.35. The molecule has 3 heterocycles. The van der Waals surface area contributed by atoms with Crippen molar-refractivity contribution in [1.82, 2.24) is 0 Å². The molecular weight excluding hydrogens is 412 g/mol. The van der Waals surface area contributed by atoms with E-state index in [0.717, 1.165) is 0 Å². The van der Waals surface area contributed by atoms with E-state index in [0.29, 0.717) is 6.42 Å². The first-order valence-electron chi connectivity index (χ1n) is 11.0. The highest BCUT2D eigenvalue weighted by atomic mass is 16.8. The maximum absolute atomic E-state index is 12.6. The summed E-state index contributed by atoms with van der Waals surface area (Å²) in [7, 11) is 0. The molecule has 0 aromatic rings. The van der Waals surface area contributed by atoms with E-state index in [2.05, 4.69) is 0 Å². The molecule has 0 aromatic carbocycles. The Morgan fingerprint density at radius 2 is 1.84 bits per heavy atom. The van der Waals surface area contributed by atoms with Crippen LogP contribution in [0.25, 0.3) is 0 Å². The van der Waals surface area contributed by atoms with Gasteiger partial charge in [-0.3, -0.25) is 4.79 Å². The topological polar surface area (TPSA) is 155 Å². The Morgan fingerprint density at radius 1 is 1.13 bits per heavy atom. The minimum atomic E-state index is -1.57. The van der Waals surface area contributed by atoms with Gasteiger partial charge in [-0.25, -0.2) is 0 Å². The van der Waals surface area contributed by atoms with Crippen LogP contribution in [0.2, 0.25) is 0 Å². The molecule has 0 spiro atoms. The normalized spacial score (nSPS) is 60.6. The SMILES string of the molecule is CC1[C@@]2(O[C@@H]3O[C@H](CO)[C@@H](O)[C@H](O)[C@H]3O)C[C@]34CC(=O)O[C@]3(C[C@@H](O)[C@H]4C)[C@]1(C)CO2. The maximum atomic E-state index is 12.6. The van der Waals surface area contributed by atoms with Crippen LogP contribution in [0.15, 0.2) is 0 Å². The molecule has 5 fully saturated rings. The molecule has 10 heteroatoms. The number of hydrogen-bond donors (Lipinski definition) is 5. The van der Waals surface area contributed by atoms with Gasteiger partial charge in [-0.1, -0.05) is 20.8 Å². The Balaban J connectivity index is 1.53. The Labute approximate surface area is 180 Å². The van der Waals surface area contributed by atoms with Gasteiger partial charge in [0.1, 0.15) is 30.0 Å². The summed E-state index contributed by atoms with van der Waals surface area (Å²) in [6.07, 6.45) is -7.01. The number of carbonyl (C=O) groups is 1. The number of aliphatic hydroxyl groups is 5. The fourth-order valence-electron chi connectivity index (χ4n) is 7.29. The first-order chi connectivity index (χ1) is 14.5. The van der Waals surface area contributed by atoms with Gasteiger partial charge in [-0.05, 0) is 5.92 Å². The Hall–Kier alpha value is -0.850. The van der Waals surface area contributed by atoms with Crippen molar-refractivity contribution in [2.24, 2.45) is 22.7 Å². The number of rotatable bonds is 3. The number of esters is 1. The van der Waals surface area contributed by atoms with Crippen molar-refractivity contribution >= 4 is 5.97 Å². The van der Waals surface area contributed by atoms with Gasteiger partial charge in [-0.2, -0.15) is 0 Å². The average molecular weight is 444 g/mol. The van der Waals surface area contributed by atoms with E-state index in [1.165, 1.54) is 0 Å². The van der Waals surface area contributed by atoms with Gasteiger partial charge in [0.05, 0.1) is 25.7 Å². The molecule has 5 rings (SSSR count). The first-order valence-corrected chi connectivity index (χ1v) is 11.0. The summed E-state index contributed by atoms with van der Waals surface area (Å²) >= 11 is 0. The highest BCUT2D eigenvalue weighted by molar-refractivity contribution is 5.75. The van der Waals surface area contributed by atoms with Crippen molar-refractivity contribution in [3.05, 3.63) is 0 Å². The average Bonchev–Trinajstić information content (AvgIpc) is 3.21. The highest BCUT2D eigenvalue weighted by Gasteiger charge is 2.84. The summed E-state index contributed by atoms with van der Waals surface area (Å²) in [6.45, 7) is 5.48. The predicted molar refractivity (Wildman–Crippen MR) is 101 cm³/mol. The molecule has 12 atom stereocenters. The van der Waals surface area contributed by atoms with Crippen molar-refractivity contribution in [3.63, 3.8) is 0 Å². The zero-order chi connectivity index (χ0) is 22.6. The fourth-order valence-corrected chi connectivity index (χ4v) is 7.29. The number of aliphatic hydroxyl groups excluding tert-OH is 5. The third-order valence-corrected chi connectivity index (χ3v) is 9.38. The van der Waals surface area contributed by atoms with Crippen molar-refractivity contribution in [2.45, 2.75) is 88.2 Å². The number of carbonyl (C=O) groups excluding carboxylic acids is 1. The van der Waals surface area contributed by atoms with Crippen LogP contribution in [0.1, 0.15) is 40.0 Å². The second-order valence-corrected chi connectivity index (χ2v) is 10.4. The second kappa shape index (κ2) is 6.60. The molecule has 0 aromatic heterocycles. The van der Waals surface area contributed by atoms with Crippen LogP contribution >= 0.6 is 0 Å². The Bertz CT molecular complexity index is 775. The molecule has 0 radical (unpaired) electrons. The van der Waals surface area contributed by atoms with Crippen molar-refractivity contribution in [1.29, 1.82) is 0 Å². The highest BCUT2D eigenvalue weighted by Crippen LogP contribution is 2.76. The van der Waals surface area contributed by atoms with Gasteiger partial charge in [0.25, 0.3) is 0 Å². The van der Waals surface area contributed by atoms with Crippen molar-refractivity contribution in [2.75, 3.05) is 13.2 Å². The molecule has 5 N–H and O–H groups in total. The largest absolute Gasteiger partial charge is 0.458 e. The third-order valence-electron chi connectivity index (χ3n) is 9.38. The standard InChI is InChI=1S/C21H32O10/c1-9-11(23)4-21-18(3)8-28-20(10(18)2,7-19(9,21)5-13(24)30-21)31-17-16(27)15(26)14(25)12(6-22)29-17/h9-12,14-17,22-23,25-27H,4-8H2,1-3H3/t9-,10?,11-,12-,14-,15+,16-,17+,18-,19+,20+,21-/m1/s1. The summed E-state index contributed by atoms with van der Waals surface area (Å²) in [5, 5.41) is 51.1. The molecule has 2 aliphatic carbocycles. The minimum absolute atomic E-state index is 0.136. The smallest absolute Gasteiger partial charge is 0.307 e. The van der Waals surface area contributed by atoms with Crippen LogP contribution in [0.5, 0.6) is 0 Å². The van der Waals surface area contributed by atoms with E-state index >= 15 is 0 Å². The van der Waals surface area contributed by atoms with Gasteiger partial charge in [-0.15, -0.1) is 0 Å². The van der Waals surface area contributed by atoms with Crippen LogP contribution in [-0.4, -0.2) is 92.9 Å². The lowest BCUT2D eigenvalue weighted by Gasteiger charge is -2.58. The molecular formula is C21H32O10. The second-order valence-electron chi connectivity index (χ2n) is 10.4. The van der Waals surface area contributed by atoms with E-state index < -0.39 is 65.6 Å². The summed E-state index contributed by atoms with van der Waals surface area (Å²) in [6, 6.07) is 0. The summed E-state index contributed by atoms with van der Waals surface area (Å²) < 4.78 is 24.1. The Kier molecular flexibility index (Phi) is 4.68. The van der Waals surface area contributed by atoms with Crippen LogP contribution < -0.4 is 0 Å². The summed E-state index contributed by atoms with van der Waals surface area (Å²) in [5.41, 5.74) is -2.25. The van der Waals surface area contributed by atoms with E-state index in [4.69, 9.17) is 18.9 Å². The Morgan fingerprint density at radius 3 is 2.52 bits per heavy atom. The molecule has 31 heavy (non-hydrogen) atoms. The first kappa shape index (κ1) is 22.0.